The third-order valence-electron chi connectivity index (χ3n) is 6.05. The van der Waals surface area contributed by atoms with Gasteiger partial charge in [-0.2, -0.15) is 0 Å². The van der Waals surface area contributed by atoms with E-state index in [1.165, 1.54) is 6.08 Å². The fraction of sp³-hybridized carbons (Fsp3) is 0.154. The largest absolute Gasteiger partial charge is 0.478 e. The number of carbonyl (C=O) groups excluding carboxylic acids is 3. The van der Waals surface area contributed by atoms with Gasteiger partial charge in [0.1, 0.15) is 5.57 Å². The first-order valence-corrected chi connectivity index (χ1v) is 11.5. The van der Waals surface area contributed by atoms with Crippen molar-refractivity contribution in [3.63, 3.8) is 0 Å². The summed E-state index contributed by atoms with van der Waals surface area (Å²) < 4.78 is 2.70. The van der Waals surface area contributed by atoms with Crippen molar-refractivity contribution in [1.82, 2.24) is 9.88 Å². The van der Waals surface area contributed by atoms with Crippen molar-refractivity contribution in [3.05, 3.63) is 86.2 Å². The van der Waals surface area contributed by atoms with Gasteiger partial charge in [0.25, 0.3) is 11.8 Å². The lowest BCUT2D eigenvalue weighted by Crippen LogP contribution is -2.54. The van der Waals surface area contributed by atoms with Crippen LogP contribution in [-0.4, -0.2) is 33.5 Å². The number of anilines is 1. The minimum Gasteiger partial charge on any atom is -0.478 e. The first-order valence-electron chi connectivity index (χ1n) is 10.7. The summed E-state index contributed by atoms with van der Waals surface area (Å²) in [6.45, 7) is 7.24. The number of rotatable bonds is 4. The number of carbonyl (C=O) groups is 4. The Bertz CT molecular complexity index is 1470. The number of urea groups is 1. The Kier molecular flexibility index (Phi) is 6.21. The van der Waals surface area contributed by atoms with Crippen LogP contribution in [0.25, 0.3) is 11.8 Å². The number of halogens is 1. The Hall–Kier alpha value is -3.98. The van der Waals surface area contributed by atoms with E-state index in [0.717, 1.165) is 20.6 Å². The highest BCUT2D eigenvalue weighted by Crippen LogP contribution is 2.29. The molecule has 3 aromatic rings. The molecule has 178 valence electrons. The van der Waals surface area contributed by atoms with Crippen LogP contribution >= 0.6 is 15.9 Å². The molecule has 4 rings (SSSR count). The smallest absolute Gasteiger partial charge is 0.336 e. The van der Waals surface area contributed by atoms with Gasteiger partial charge in [0.05, 0.1) is 11.3 Å². The van der Waals surface area contributed by atoms with E-state index in [1.54, 1.807) is 43.3 Å². The number of hydrogen-bond acceptors (Lipinski definition) is 4. The Morgan fingerprint density at radius 3 is 2.40 bits per heavy atom. The summed E-state index contributed by atoms with van der Waals surface area (Å²) >= 11 is 3.40. The maximum absolute atomic E-state index is 13.3. The fourth-order valence-corrected chi connectivity index (χ4v) is 4.46. The number of benzene rings is 2. The van der Waals surface area contributed by atoms with E-state index in [0.29, 0.717) is 28.2 Å². The molecule has 1 aliphatic rings. The molecule has 2 heterocycles. The molecule has 0 atom stereocenters. The van der Waals surface area contributed by atoms with E-state index >= 15 is 0 Å². The molecular formula is C26H22BrN3O5. The van der Waals surface area contributed by atoms with Crippen LogP contribution < -0.4 is 10.2 Å². The lowest BCUT2D eigenvalue weighted by atomic mass is 10.1. The van der Waals surface area contributed by atoms with Crippen molar-refractivity contribution < 1.29 is 24.3 Å². The molecule has 0 bridgehead atoms. The van der Waals surface area contributed by atoms with Gasteiger partial charge < -0.3 is 9.67 Å². The predicted octanol–water partition coefficient (Wildman–Crippen LogP) is 4.84. The number of hydrogen-bond donors (Lipinski definition) is 2. The quantitative estimate of drug-likeness (QED) is 0.367. The highest BCUT2D eigenvalue weighted by molar-refractivity contribution is 9.10. The van der Waals surface area contributed by atoms with Crippen LogP contribution in [0, 0.1) is 27.7 Å². The number of barbiturate groups is 1. The molecule has 35 heavy (non-hydrogen) atoms. The maximum Gasteiger partial charge on any atom is 0.336 e. The van der Waals surface area contributed by atoms with E-state index in [4.69, 9.17) is 0 Å². The zero-order valence-corrected chi connectivity index (χ0v) is 21.1. The van der Waals surface area contributed by atoms with Crippen LogP contribution in [0.15, 0.2) is 52.5 Å². The molecule has 9 heteroatoms. The minimum absolute atomic E-state index is 0.179. The van der Waals surface area contributed by atoms with Gasteiger partial charge in [0.2, 0.25) is 0 Å². The summed E-state index contributed by atoms with van der Waals surface area (Å²) in [5.74, 6) is -2.53. The van der Waals surface area contributed by atoms with Gasteiger partial charge in [0.15, 0.2) is 0 Å². The van der Waals surface area contributed by atoms with Crippen LogP contribution in [0.5, 0.6) is 0 Å². The Balaban J connectivity index is 1.80. The standard InChI is InChI=1S/C26H22BrN3O5/c1-13-10-18(8-9-21(13)27)30-24(32)20(23(31)28-26(30)35)12-17-11-14(2)29(16(17)4)22-7-5-6-19(15(22)3)25(33)34/h5-12H,1-4H3,(H,33,34)(H,28,31,35)/b20-12+. The van der Waals surface area contributed by atoms with E-state index < -0.39 is 23.8 Å². The van der Waals surface area contributed by atoms with Crippen molar-refractivity contribution in [2.45, 2.75) is 27.7 Å². The molecule has 8 nitrogen and oxygen atoms in total. The highest BCUT2D eigenvalue weighted by Gasteiger charge is 2.37. The van der Waals surface area contributed by atoms with Gasteiger partial charge in [-0.25, -0.2) is 14.5 Å². The van der Waals surface area contributed by atoms with Gasteiger partial charge in [-0.1, -0.05) is 22.0 Å². The zero-order valence-electron chi connectivity index (χ0n) is 19.5. The van der Waals surface area contributed by atoms with Crippen molar-refractivity contribution in [3.8, 4) is 5.69 Å². The molecule has 0 spiro atoms. The minimum atomic E-state index is -1.02. The predicted molar refractivity (Wildman–Crippen MR) is 135 cm³/mol. The molecule has 0 aliphatic carbocycles. The summed E-state index contributed by atoms with van der Waals surface area (Å²) in [6.07, 6.45) is 1.46. The number of carboxylic acids is 1. The number of imide groups is 2. The van der Waals surface area contributed by atoms with Crippen molar-refractivity contribution >= 4 is 51.5 Å². The van der Waals surface area contributed by atoms with Crippen molar-refractivity contribution in [1.29, 1.82) is 0 Å². The molecule has 1 saturated heterocycles. The summed E-state index contributed by atoms with van der Waals surface area (Å²) in [4.78, 5) is 51.0. The molecule has 1 aliphatic heterocycles. The van der Waals surface area contributed by atoms with Crippen LogP contribution in [-0.2, 0) is 9.59 Å². The average Bonchev–Trinajstić information content (AvgIpc) is 3.06. The normalized spacial score (nSPS) is 15.1. The Morgan fingerprint density at radius 1 is 1.03 bits per heavy atom. The highest BCUT2D eigenvalue weighted by atomic mass is 79.9. The SMILES string of the molecule is Cc1cc(N2C(=O)NC(=O)/C(=C\c3cc(C)n(-c4cccc(C(=O)O)c4C)c3C)C2=O)ccc1Br. The monoisotopic (exact) mass is 535 g/mol. The molecule has 4 amide bonds. The molecule has 1 fully saturated rings. The number of nitrogens with zero attached hydrogens (tertiary/aromatic N) is 2. The van der Waals surface area contributed by atoms with Gasteiger partial charge in [-0.05, 0) is 86.9 Å². The number of carboxylic acid groups (broad SMARTS) is 1. The number of nitrogens with one attached hydrogen (secondary N) is 1. The molecule has 2 N–H and O–H groups in total. The Labute approximate surface area is 210 Å². The molecular weight excluding hydrogens is 514 g/mol. The van der Waals surface area contributed by atoms with Gasteiger partial charge in [-0.15, -0.1) is 0 Å². The summed E-state index contributed by atoms with van der Waals surface area (Å²) in [5, 5.41) is 11.7. The third-order valence-corrected chi connectivity index (χ3v) is 6.94. The lowest BCUT2D eigenvalue weighted by Gasteiger charge is -2.26. The Morgan fingerprint density at radius 2 is 1.74 bits per heavy atom. The van der Waals surface area contributed by atoms with E-state index in [9.17, 15) is 24.3 Å². The van der Waals surface area contributed by atoms with Gasteiger partial charge in [0, 0.05) is 21.5 Å². The van der Waals surface area contributed by atoms with Crippen LogP contribution in [0.3, 0.4) is 0 Å². The second-order valence-electron chi connectivity index (χ2n) is 8.31. The maximum atomic E-state index is 13.3. The van der Waals surface area contributed by atoms with E-state index in [2.05, 4.69) is 21.2 Å². The summed E-state index contributed by atoms with van der Waals surface area (Å²) in [5.41, 5.74) is 4.57. The number of aryl methyl sites for hydroxylation is 2. The van der Waals surface area contributed by atoms with Crippen LogP contribution in [0.1, 0.15) is 38.4 Å². The van der Waals surface area contributed by atoms with Crippen molar-refractivity contribution in [2.75, 3.05) is 4.90 Å². The molecule has 2 aromatic carbocycles. The fourth-order valence-electron chi connectivity index (χ4n) is 4.22. The van der Waals surface area contributed by atoms with Crippen LogP contribution in [0.4, 0.5) is 10.5 Å². The average molecular weight is 536 g/mol. The number of aromatic carboxylic acids is 1. The van der Waals surface area contributed by atoms with Gasteiger partial charge >= 0.3 is 12.0 Å². The lowest BCUT2D eigenvalue weighted by molar-refractivity contribution is -0.122. The van der Waals surface area contributed by atoms with E-state index in [-0.39, 0.29) is 11.1 Å². The second kappa shape index (κ2) is 8.99. The van der Waals surface area contributed by atoms with Crippen molar-refractivity contribution in [2.24, 2.45) is 0 Å². The number of amides is 4. The van der Waals surface area contributed by atoms with Gasteiger partial charge in [-0.3, -0.25) is 14.9 Å². The first-order chi connectivity index (χ1) is 16.5. The zero-order chi connectivity index (χ0) is 25.6. The molecule has 1 aromatic heterocycles. The molecule has 0 radical (unpaired) electrons. The summed E-state index contributed by atoms with van der Waals surface area (Å²) in [7, 11) is 0. The second-order valence-corrected chi connectivity index (χ2v) is 9.16. The molecule has 0 saturated carbocycles. The number of aromatic nitrogens is 1. The van der Waals surface area contributed by atoms with E-state index in [1.807, 2.05) is 31.4 Å². The topological polar surface area (TPSA) is 109 Å². The molecule has 0 unspecified atom stereocenters. The first kappa shape index (κ1) is 24.2. The van der Waals surface area contributed by atoms with Crippen LogP contribution in [0.2, 0.25) is 0 Å². The summed E-state index contributed by atoms with van der Waals surface area (Å²) in [6, 6.07) is 11.0. The third kappa shape index (κ3) is 4.19.